The summed E-state index contributed by atoms with van der Waals surface area (Å²) in [6.45, 7) is 4.08. The number of hydrogen-bond acceptors (Lipinski definition) is 3. The van der Waals surface area contributed by atoms with E-state index in [1.165, 1.54) is 11.9 Å². The molecule has 0 saturated carbocycles. The minimum Gasteiger partial charge on any atom is -0.340 e. The van der Waals surface area contributed by atoms with E-state index in [0.717, 1.165) is 29.9 Å². The third kappa shape index (κ3) is 2.79. The maximum absolute atomic E-state index is 5.99. The molecule has 0 saturated heterocycles. The van der Waals surface area contributed by atoms with E-state index in [2.05, 4.69) is 40.4 Å². The molecule has 0 spiro atoms. The highest BCUT2D eigenvalue weighted by Crippen LogP contribution is 2.25. The van der Waals surface area contributed by atoms with Crippen molar-refractivity contribution in [2.75, 3.05) is 5.32 Å². The Labute approximate surface area is 112 Å². The van der Waals surface area contributed by atoms with Gasteiger partial charge in [0.2, 0.25) is 0 Å². The lowest BCUT2D eigenvalue weighted by Crippen LogP contribution is -2.01. The highest BCUT2D eigenvalue weighted by Gasteiger charge is 2.07. The molecule has 3 nitrogen and oxygen atoms in total. The molecule has 18 heavy (non-hydrogen) atoms. The van der Waals surface area contributed by atoms with Crippen molar-refractivity contribution in [2.45, 2.75) is 26.7 Å². The zero-order chi connectivity index (χ0) is 13.0. The molecular weight excluding hydrogens is 246 g/mol. The van der Waals surface area contributed by atoms with Crippen molar-refractivity contribution in [3.63, 3.8) is 0 Å². The first kappa shape index (κ1) is 12.8. The molecule has 0 aliphatic rings. The van der Waals surface area contributed by atoms with Crippen molar-refractivity contribution >= 4 is 23.1 Å². The minimum absolute atomic E-state index is 0.487. The lowest BCUT2D eigenvalue weighted by molar-refractivity contribution is 0.923. The monoisotopic (exact) mass is 261 g/mol. The van der Waals surface area contributed by atoms with Gasteiger partial charge in [-0.1, -0.05) is 43.1 Å². The number of aryl methyl sites for hydroxylation is 1. The number of para-hydroxylation sites is 1. The second-order valence-electron chi connectivity index (χ2n) is 4.17. The number of nitrogens with one attached hydrogen (secondary N) is 1. The van der Waals surface area contributed by atoms with Gasteiger partial charge in [-0.05, 0) is 25.0 Å². The molecule has 0 radical (unpaired) electrons. The minimum atomic E-state index is 0.487. The van der Waals surface area contributed by atoms with Gasteiger partial charge in [0.05, 0.1) is 0 Å². The second kappa shape index (κ2) is 5.83. The first-order valence-corrected chi connectivity index (χ1v) is 6.42. The molecule has 0 unspecified atom stereocenters. The average Bonchev–Trinajstić information content (AvgIpc) is 2.37. The van der Waals surface area contributed by atoms with Crippen LogP contribution in [0.25, 0.3) is 0 Å². The van der Waals surface area contributed by atoms with E-state index in [1.54, 1.807) is 0 Å². The van der Waals surface area contributed by atoms with Crippen LogP contribution < -0.4 is 5.32 Å². The third-order valence-electron chi connectivity index (χ3n) is 2.81. The van der Waals surface area contributed by atoms with Crippen LogP contribution in [0.5, 0.6) is 0 Å². The number of anilines is 2. The summed E-state index contributed by atoms with van der Waals surface area (Å²) in [6, 6.07) is 8.25. The Morgan fingerprint density at radius 2 is 2.00 bits per heavy atom. The summed E-state index contributed by atoms with van der Waals surface area (Å²) in [7, 11) is 0. The van der Waals surface area contributed by atoms with Crippen LogP contribution in [-0.4, -0.2) is 9.97 Å². The van der Waals surface area contributed by atoms with Crippen LogP contribution in [-0.2, 0) is 6.42 Å². The quantitative estimate of drug-likeness (QED) is 0.841. The Hall–Kier alpha value is -1.61. The Kier molecular flexibility index (Phi) is 4.15. The van der Waals surface area contributed by atoms with Crippen molar-refractivity contribution < 1.29 is 0 Å². The SMILES string of the molecule is CCCc1ccccc1Nc1ncnc(Cl)c1C. The first-order chi connectivity index (χ1) is 8.72. The van der Waals surface area contributed by atoms with Gasteiger partial charge in [0, 0.05) is 11.3 Å². The van der Waals surface area contributed by atoms with Crippen LogP contribution in [0.1, 0.15) is 24.5 Å². The van der Waals surface area contributed by atoms with E-state index < -0.39 is 0 Å². The molecule has 0 fully saturated rings. The van der Waals surface area contributed by atoms with Gasteiger partial charge in [0.1, 0.15) is 17.3 Å². The fraction of sp³-hybridized carbons (Fsp3) is 0.286. The Morgan fingerprint density at radius 1 is 1.22 bits per heavy atom. The molecule has 1 aromatic carbocycles. The smallest absolute Gasteiger partial charge is 0.138 e. The van der Waals surface area contributed by atoms with Gasteiger partial charge in [-0.3, -0.25) is 0 Å². The van der Waals surface area contributed by atoms with Crippen molar-refractivity contribution in [3.05, 3.63) is 46.9 Å². The molecule has 0 aliphatic heterocycles. The van der Waals surface area contributed by atoms with E-state index in [-0.39, 0.29) is 0 Å². The van der Waals surface area contributed by atoms with E-state index in [1.807, 2.05) is 13.0 Å². The Morgan fingerprint density at radius 3 is 2.78 bits per heavy atom. The van der Waals surface area contributed by atoms with Crippen LogP contribution in [0.2, 0.25) is 5.15 Å². The van der Waals surface area contributed by atoms with Gasteiger partial charge >= 0.3 is 0 Å². The van der Waals surface area contributed by atoms with Crippen LogP contribution in [0.15, 0.2) is 30.6 Å². The van der Waals surface area contributed by atoms with E-state index in [9.17, 15) is 0 Å². The lowest BCUT2D eigenvalue weighted by Gasteiger charge is -2.12. The fourth-order valence-electron chi connectivity index (χ4n) is 1.81. The molecule has 0 aliphatic carbocycles. The average molecular weight is 262 g/mol. The van der Waals surface area contributed by atoms with Crippen molar-refractivity contribution in [1.29, 1.82) is 0 Å². The maximum Gasteiger partial charge on any atom is 0.138 e. The van der Waals surface area contributed by atoms with Gasteiger partial charge in [0.25, 0.3) is 0 Å². The molecule has 4 heteroatoms. The molecule has 1 aromatic heterocycles. The van der Waals surface area contributed by atoms with Crippen LogP contribution >= 0.6 is 11.6 Å². The summed E-state index contributed by atoms with van der Waals surface area (Å²) in [5.74, 6) is 0.763. The molecule has 1 N–H and O–H groups in total. The highest BCUT2D eigenvalue weighted by molar-refractivity contribution is 6.30. The van der Waals surface area contributed by atoms with Crippen LogP contribution in [0.4, 0.5) is 11.5 Å². The van der Waals surface area contributed by atoms with Gasteiger partial charge in [0.15, 0.2) is 0 Å². The zero-order valence-electron chi connectivity index (χ0n) is 10.6. The number of hydrogen-bond donors (Lipinski definition) is 1. The number of nitrogens with zero attached hydrogens (tertiary/aromatic N) is 2. The van der Waals surface area contributed by atoms with Crippen LogP contribution in [0, 0.1) is 6.92 Å². The predicted octanol–water partition coefficient (Wildman–Crippen LogP) is 4.13. The van der Waals surface area contributed by atoms with Gasteiger partial charge in [-0.15, -0.1) is 0 Å². The summed E-state index contributed by atoms with van der Waals surface area (Å²) < 4.78 is 0. The second-order valence-corrected chi connectivity index (χ2v) is 4.53. The number of benzene rings is 1. The molecule has 2 rings (SSSR count). The number of aromatic nitrogens is 2. The largest absolute Gasteiger partial charge is 0.340 e. The normalized spacial score (nSPS) is 10.4. The summed E-state index contributed by atoms with van der Waals surface area (Å²) in [5, 5.41) is 3.82. The highest BCUT2D eigenvalue weighted by atomic mass is 35.5. The summed E-state index contributed by atoms with van der Waals surface area (Å²) in [4.78, 5) is 8.18. The van der Waals surface area contributed by atoms with Gasteiger partial charge in [-0.25, -0.2) is 9.97 Å². The fourth-order valence-corrected chi connectivity index (χ4v) is 1.94. The van der Waals surface area contributed by atoms with E-state index >= 15 is 0 Å². The standard InChI is InChI=1S/C14H16ClN3/c1-3-6-11-7-4-5-8-12(11)18-14-10(2)13(15)16-9-17-14/h4-5,7-9H,3,6H2,1-2H3,(H,16,17,18). The molecule has 1 heterocycles. The number of halogens is 1. The van der Waals surface area contributed by atoms with Gasteiger partial charge in [-0.2, -0.15) is 0 Å². The molecule has 0 amide bonds. The summed E-state index contributed by atoms with van der Waals surface area (Å²) in [5.41, 5.74) is 3.23. The van der Waals surface area contributed by atoms with Crippen molar-refractivity contribution in [3.8, 4) is 0 Å². The molecular formula is C14H16ClN3. The molecule has 0 bridgehead atoms. The Bertz CT molecular complexity index is 540. The third-order valence-corrected chi connectivity index (χ3v) is 3.19. The van der Waals surface area contributed by atoms with Crippen molar-refractivity contribution in [2.24, 2.45) is 0 Å². The molecule has 0 atom stereocenters. The number of rotatable bonds is 4. The topological polar surface area (TPSA) is 37.8 Å². The maximum atomic E-state index is 5.99. The predicted molar refractivity (Wildman–Crippen MR) is 75.5 cm³/mol. The summed E-state index contributed by atoms with van der Waals surface area (Å²) >= 11 is 5.99. The Balaban J connectivity index is 2.31. The first-order valence-electron chi connectivity index (χ1n) is 6.04. The van der Waals surface area contributed by atoms with E-state index in [4.69, 9.17) is 11.6 Å². The van der Waals surface area contributed by atoms with Gasteiger partial charge < -0.3 is 5.32 Å². The zero-order valence-corrected chi connectivity index (χ0v) is 11.3. The van der Waals surface area contributed by atoms with Crippen molar-refractivity contribution in [1.82, 2.24) is 9.97 Å². The lowest BCUT2D eigenvalue weighted by atomic mass is 10.1. The van der Waals surface area contributed by atoms with Crippen LogP contribution in [0.3, 0.4) is 0 Å². The van der Waals surface area contributed by atoms with E-state index in [0.29, 0.717) is 5.15 Å². The molecule has 94 valence electrons. The molecule has 2 aromatic rings. The summed E-state index contributed by atoms with van der Waals surface area (Å²) in [6.07, 6.45) is 3.63.